The molecule has 4 heteroatoms. The zero-order valence-electron chi connectivity index (χ0n) is 11.8. The fourth-order valence-corrected chi connectivity index (χ4v) is 2.03. The van der Waals surface area contributed by atoms with Gasteiger partial charge in [-0.3, -0.25) is 4.79 Å². The second-order valence-electron chi connectivity index (χ2n) is 6.04. The van der Waals surface area contributed by atoms with E-state index in [1.54, 1.807) is 4.90 Å². The molecule has 1 aliphatic rings. The van der Waals surface area contributed by atoms with Gasteiger partial charge in [-0.25, -0.2) is 0 Å². The number of fused-ring (bicyclic) bond motifs is 1. The fourth-order valence-electron chi connectivity index (χ4n) is 2.03. The van der Waals surface area contributed by atoms with Gasteiger partial charge in [0.1, 0.15) is 12.4 Å². The van der Waals surface area contributed by atoms with Crippen molar-refractivity contribution in [3.05, 3.63) is 24.3 Å². The molecule has 0 saturated heterocycles. The molecule has 19 heavy (non-hydrogen) atoms. The van der Waals surface area contributed by atoms with E-state index in [1.165, 1.54) is 0 Å². The van der Waals surface area contributed by atoms with Crippen molar-refractivity contribution in [2.24, 2.45) is 11.1 Å². The minimum atomic E-state index is -0.144. The first kappa shape index (κ1) is 13.9. The summed E-state index contributed by atoms with van der Waals surface area (Å²) in [5, 5.41) is 0. The molecule has 0 aromatic heterocycles. The lowest BCUT2D eigenvalue weighted by Crippen LogP contribution is -2.44. The van der Waals surface area contributed by atoms with E-state index in [0.29, 0.717) is 19.6 Å². The number of nitrogens with two attached hydrogens (primary N) is 1. The van der Waals surface area contributed by atoms with Gasteiger partial charge >= 0.3 is 0 Å². The van der Waals surface area contributed by atoms with E-state index in [1.807, 2.05) is 24.3 Å². The highest BCUT2D eigenvalue weighted by atomic mass is 16.5. The molecule has 0 aliphatic carbocycles. The topological polar surface area (TPSA) is 55.6 Å². The van der Waals surface area contributed by atoms with Crippen molar-refractivity contribution >= 4 is 11.6 Å². The maximum Gasteiger partial charge on any atom is 0.228 e. The van der Waals surface area contributed by atoms with Crippen molar-refractivity contribution in [2.45, 2.75) is 33.2 Å². The second-order valence-corrected chi connectivity index (χ2v) is 6.04. The monoisotopic (exact) mass is 262 g/mol. The SMILES string of the molecule is CC(C)(C)C(N)CC(=O)N1CCOc2ccccc21. The van der Waals surface area contributed by atoms with E-state index < -0.39 is 0 Å². The molecule has 4 nitrogen and oxygen atoms in total. The molecule has 0 spiro atoms. The van der Waals surface area contributed by atoms with Crippen molar-refractivity contribution in [1.29, 1.82) is 0 Å². The number of hydrogen-bond donors (Lipinski definition) is 1. The van der Waals surface area contributed by atoms with Crippen LogP contribution >= 0.6 is 0 Å². The maximum absolute atomic E-state index is 12.4. The van der Waals surface area contributed by atoms with Crippen LogP contribution in [0.15, 0.2) is 24.3 Å². The molecule has 1 aromatic rings. The Morgan fingerprint density at radius 3 is 2.79 bits per heavy atom. The lowest BCUT2D eigenvalue weighted by atomic mass is 9.85. The summed E-state index contributed by atoms with van der Waals surface area (Å²) in [6, 6.07) is 7.48. The van der Waals surface area contributed by atoms with Gasteiger partial charge in [-0.15, -0.1) is 0 Å². The lowest BCUT2D eigenvalue weighted by Gasteiger charge is -2.32. The standard InChI is InChI=1S/C15H22N2O2/c1-15(2,3)13(16)10-14(18)17-8-9-19-12-7-5-4-6-11(12)17/h4-7,13H,8-10,16H2,1-3H3. The minimum absolute atomic E-state index is 0.0678. The molecule has 0 saturated carbocycles. The van der Waals surface area contributed by atoms with E-state index in [-0.39, 0.29) is 17.4 Å². The summed E-state index contributed by atoms with van der Waals surface area (Å²) < 4.78 is 5.55. The van der Waals surface area contributed by atoms with E-state index >= 15 is 0 Å². The predicted molar refractivity (Wildman–Crippen MR) is 76.3 cm³/mol. The number of anilines is 1. The first-order valence-electron chi connectivity index (χ1n) is 6.67. The number of amides is 1. The molecule has 1 unspecified atom stereocenters. The molecule has 2 N–H and O–H groups in total. The van der Waals surface area contributed by atoms with Crippen LogP contribution in [-0.4, -0.2) is 25.1 Å². The third-order valence-corrected chi connectivity index (χ3v) is 3.54. The highest BCUT2D eigenvalue weighted by Gasteiger charge is 2.28. The number of nitrogens with zero attached hydrogens (tertiary/aromatic N) is 1. The van der Waals surface area contributed by atoms with Gasteiger partial charge in [0.25, 0.3) is 0 Å². The molecule has 1 amide bonds. The molecule has 0 bridgehead atoms. The van der Waals surface area contributed by atoms with Gasteiger partial charge in [-0.05, 0) is 17.5 Å². The summed E-state index contributed by atoms with van der Waals surface area (Å²) in [6.45, 7) is 7.29. The average molecular weight is 262 g/mol. The molecule has 1 aromatic carbocycles. The lowest BCUT2D eigenvalue weighted by molar-refractivity contribution is -0.119. The maximum atomic E-state index is 12.4. The van der Waals surface area contributed by atoms with Crippen molar-refractivity contribution in [1.82, 2.24) is 0 Å². The third kappa shape index (κ3) is 3.07. The van der Waals surface area contributed by atoms with Gasteiger partial charge in [-0.1, -0.05) is 32.9 Å². The molecule has 104 valence electrons. The Morgan fingerprint density at radius 1 is 1.42 bits per heavy atom. The summed E-state index contributed by atoms with van der Waals surface area (Å²) >= 11 is 0. The molecule has 1 atom stereocenters. The van der Waals surface area contributed by atoms with Crippen LogP contribution < -0.4 is 15.4 Å². The smallest absolute Gasteiger partial charge is 0.228 e. The molecule has 1 aliphatic heterocycles. The summed E-state index contributed by atoms with van der Waals surface area (Å²) in [4.78, 5) is 14.2. The Bertz CT molecular complexity index is 465. The summed E-state index contributed by atoms with van der Waals surface area (Å²) in [6.07, 6.45) is 0.359. The first-order chi connectivity index (χ1) is 8.89. The highest BCUT2D eigenvalue weighted by Crippen LogP contribution is 2.32. The fraction of sp³-hybridized carbons (Fsp3) is 0.533. The first-order valence-corrected chi connectivity index (χ1v) is 6.67. The number of ether oxygens (including phenoxy) is 1. The van der Waals surface area contributed by atoms with Crippen LogP contribution in [-0.2, 0) is 4.79 Å². The summed E-state index contributed by atoms with van der Waals surface area (Å²) in [7, 11) is 0. The van der Waals surface area contributed by atoms with Crippen LogP contribution in [0.1, 0.15) is 27.2 Å². The number of para-hydroxylation sites is 2. The van der Waals surface area contributed by atoms with Crippen molar-refractivity contribution in [3.8, 4) is 5.75 Å². The van der Waals surface area contributed by atoms with Crippen molar-refractivity contribution < 1.29 is 9.53 Å². The second kappa shape index (κ2) is 5.21. The molecule has 0 radical (unpaired) electrons. The number of carbonyl (C=O) groups excluding carboxylic acids is 1. The zero-order chi connectivity index (χ0) is 14.0. The van der Waals surface area contributed by atoms with Crippen LogP contribution in [0.25, 0.3) is 0 Å². The third-order valence-electron chi connectivity index (χ3n) is 3.54. The highest BCUT2D eigenvalue weighted by molar-refractivity contribution is 5.95. The van der Waals surface area contributed by atoms with E-state index in [0.717, 1.165) is 11.4 Å². The molecular weight excluding hydrogens is 240 g/mol. The number of benzene rings is 1. The largest absolute Gasteiger partial charge is 0.490 e. The Hall–Kier alpha value is -1.55. The van der Waals surface area contributed by atoms with E-state index in [9.17, 15) is 4.79 Å². The number of carbonyl (C=O) groups is 1. The normalized spacial score (nSPS) is 16.5. The molecule has 2 rings (SSSR count). The summed E-state index contributed by atoms with van der Waals surface area (Å²) in [5.74, 6) is 0.838. The van der Waals surface area contributed by atoms with Gasteiger partial charge in [0.15, 0.2) is 0 Å². The van der Waals surface area contributed by atoms with Crippen LogP contribution in [0, 0.1) is 5.41 Å². The molecular formula is C15H22N2O2. The zero-order valence-corrected chi connectivity index (χ0v) is 11.8. The van der Waals surface area contributed by atoms with Gasteiger partial charge in [0, 0.05) is 12.5 Å². The van der Waals surface area contributed by atoms with Crippen LogP contribution in [0.2, 0.25) is 0 Å². The van der Waals surface area contributed by atoms with Gasteiger partial charge in [-0.2, -0.15) is 0 Å². The quantitative estimate of drug-likeness (QED) is 0.888. The molecule has 1 heterocycles. The van der Waals surface area contributed by atoms with Crippen LogP contribution in [0.4, 0.5) is 5.69 Å². The van der Waals surface area contributed by atoms with E-state index in [4.69, 9.17) is 10.5 Å². The van der Waals surface area contributed by atoms with Crippen molar-refractivity contribution in [2.75, 3.05) is 18.1 Å². The Balaban J connectivity index is 2.13. The van der Waals surface area contributed by atoms with Crippen LogP contribution in [0.5, 0.6) is 5.75 Å². The van der Waals surface area contributed by atoms with Gasteiger partial charge in [0.05, 0.1) is 12.2 Å². The number of hydrogen-bond acceptors (Lipinski definition) is 3. The Morgan fingerprint density at radius 2 is 2.11 bits per heavy atom. The summed E-state index contributed by atoms with van der Waals surface area (Å²) in [5.41, 5.74) is 6.88. The number of rotatable bonds is 2. The van der Waals surface area contributed by atoms with Gasteiger partial charge in [0.2, 0.25) is 5.91 Å². The van der Waals surface area contributed by atoms with E-state index in [2.05, 4.69) is 20.8 Å². The van der Waals surface area contributed by atoms with Crippen molar-refractivity contribution in [3.63, 3.8) is 0 Å². The van der Waals surface area contributed by atoms with Gasteiger partial charge < -0.3 is 15.4 Å². The minimum Gasteiger partial charge on any atom is -0.490 e. The molecule has 0 fully saturated rings. The average Bonchev–Trinajstić information content (AvgIpc) is 2.36. The predicted octanol–water partition coefficient (Wildman–Crippen LogP) is 2.18. The van der Waals surface area contributed by atoms with Crippen LogP contribution in [0.3, 0.4) is 0 Å². The Labute approximate surface area is 114 Å². The Kier molecular flexibility index (Phi) is 3.80.